The van der Waals surface area contributed by atoms with Crippen LogP contribution >= 0.6 is 0 Å². The molecule has 0 radical (unpaired) electrons. The average molecular weight is 498 g/mol. The monoisotopic (exact) mass is 497 g/mol. The number of hydrogen-bond donors (Lipinski definition) is 0. The van der Waals surface area contributed by atoms with E-state index in [1.807, 2.05) is 54.6 Å². The predicted molar refractivity (Wildman–Crippen MR) is 153 cm³/mol. The molecule has 1 unspecified atom stereocenters. The van der Waals surface area contributed by atoms with Crippen molar-refractivity contribution >= 4 is 16.7 Å². The zero-order valence-corrected chi connectivity index (χ0v) is 21.4. The van der Waals surface area contributed by atoms with E-state index in [-0.39, 0.29) is 11.9 Å². The van der Waals surface area contributed by atoms with Crippen LogP contribution in [-0.4, -0.2) is 10.8 Å². The molecule has 0 saturated carbocycles. The Hall–Kier alpha value is -4.37. The maximum atomic E-state index is 14.1. The van der Waals surface area contributed by atoms with Gasteiger partial charge in [-0.1, -0.05) is 97.1 Å². The molecule has 0 fully saturated rings. The summed E-state index contributed by atoms with van der Waals surface area (Å²) in [5, 5.41) is 2.23. The predicted octanol–water partition coefficient (Wildman–Crippen LogP) is 8.14. The molecule has 6 rings (SSSR count). The van der Waals surface area contributed by atoms with Gasteiger partial charge in [0, 0.05) is 12.1 Å². The lowest BCUT2D eigenvalue weighted by molar-refractivity contribution is 0.0638. The van der Waals surface area contributed by atoms with Gasteiger partial charge in [-0.3, -0.25) is 4.79 Å². The fraction of sp³-hybridized carbons (Fsp3) is 0.171. The van der Waals surface area contributed by atoms with Gasteiger partial charge in [0.2, 0.25) is 0 Å². The molecule has 5 aromatic carbocycles. The maximum Gasteiger partial charge on any atom is 0.254 e. The standard InChI is InChI=1S/C35H31NO2/c37-35(31-20-19-28-11-4-5-13-30(28)23-31)36(34-16-8-14-29-12-6-7-15-33(29)34)24-26-17-21-32(22-18-26)38-25-27-9-2-1-3-10-27/h1-7,9-13,15,17-23,34H,8,14,16,24-25H2. The van der Waals surface area contributed by atoms with E-state index in [0.717, 1.165) is 52.5 Å². The molecule has 0 aliphatic heterocycles. The van der Waals surface area contributed by atoms with Gasteiger partial charge in [-0.2, -0.15) is 0 Å². The lowest BCUT2D eigenvalue weighted by Crippen LogP contribution is -2.36. The molecule has 3 nitrogen and oxygen atoms in total. The zero-order valence-electron chi connectivity index (χ0n) is 21.4. The van der Waals surface area contributed by atoms with Crippen LogP contribution in [0.15, 0.2) is 121 Å². The van der Waals surface area contributed by atoms with E-state index >= 15 is 0 Å². The van der Waals surface area contributed by atoms with Crippen molar-refractivity contribution in [2.75, 3.05) is 0 Å². The average Bonchev–Trinajstić information content (AvgIpc) is 2.99. The Morgan fingerprint density at radius 2 is 1.47 bits per heavy atom. The van der Waals surface area contributed by atoms with E-state index in [2.05, 4.69) is 71.6 Å². The van der Waals surface area contributed by atoms with Crippen molar-refractivity contribution in [2.45, 2.75) is 38.5 Å². The highest BCUT2D eigenvalue weighted by Gasteiger charge is 2.30. The molecule has 0 bridgehead atoms. The molecule has 0 saturated heterocycles. The number of carbonyl (C=O) groups excluding carboxylic acids is 1. The Bertz CT molecular complexity index is 1540. The number of fused-ring (bicyclic) bond motifs is 2. The number of aryl methyl sites for hydroxylation is 1. The van der Waals surface area contributed by atoms with Crippen molar-refractivity contribution in [3.8, 4) is 5.75 Å². The lowest BCUT2D eigenvalue weighted by Gasteiger charge is -2.36. The molecule has 3 heteroatoms. The van der Waals surface area contributed by atoms with Crippen molar-refractivity contribution in [2.24, 2.45) is 0 Å². The first kappa shape index (κ1) is 24.0. The third-order valence-electron chi connectivity index (χ3n) is 7.50. The second-order valence-corrected chi connectivity index (χ2v) is 10.0. The fourth-order valence-electron chi connectivity index (χ4n) is 5.49. The molecule has 1 amide bonds. The molecule has 0 heterocycles. The first-order valence-corrected chi connectivity index (χ1v) is 13.4. The van der Waals surface area contributed by atoms with Crippen LogP contribution in [-0.2, 0) is 19.6 Å². The minimum atomic E-state index is 0.0490. The molecule has 188 valence electrons. The van der Waals surface area contributed by atoms with Gasteiger partial charge in [-0.25, -0.2) is 0 Å². The van der Waals surface area contributed by atoms with Crippen molar-refractivity contribution in [3.63, 3.8) is 0 Å². The summed E-state index contributed by atoms with van der Waals surface area (Å²) in [6.45, 7) is 1.08. The summed E-state index contributed by atoms with van der Waals surface area (Å²) in [5.41, 5.74) is 5.59. The number of rotatable bonds is 7. The second kappa shape index (κ2) is 10.9. The van der Waals surface area contributed by atoms with Gasteiger partial charge in [-0.05, 0) is 76.6 Å². The first-order chi connectivity index (χ1) is 18.7. The number of amides is 1. The van der Waals surface area contributed by atoms with Gasteiger partial charge in [0.05, 0.1) is 6.04 Å². The second-order valence-electron chi connectivity index (χ2n) is 10.0. The van der Waals surface area contributed by atoms with E-state index in [9.17, 15) is 4.79 Å². The first-order valence-electron chi connectivity index (χ1n) is 13.4. The van der Waals surface area contributed by atoms with Crippen LogP contribution in [0.2, 0.25) is 0 Å². The topological polar surface area (TPSA) is 29.5 Å². The van der Waals surface area contributed by atoms with Gasteiger partial charge in [-0.15, -0.1) is 0 Å². The summed E-state index contributed by atoms with van der Waals surface area (Å²) < 4.78 is 5.99. The summed E-state index contributed by atoms with van der Waals surface area (Å²) in [5.74, 6) is 0.898. The van der Waals surface area contributed by atoms with E-state index in [0.29, 0.717) is 13.2 Å². The molecule has 0 aromatic heterocycles. The summed E-state index contributed by atoms with van der Waals surface area (Å²) in [6.07, 6.45) is 3.11. The molecule has 1 aliphatic rings. The number of benzene rings is 5. The minimum Gasteiger partial charge on any atom is -0.489 e. The van der Waals surface area contributed by atoms with E-state index < -0.39 is 0 Å². The number of ether oxygens (including phenoxy) is 1. The Balaban J connectivity index is 1.28. The summed E-state index contributed by atoms with van der Waals surface area (Å²) in [4.78, 5) is 16.2. The molecule has 1 atom stereocenters. The summed E-state index contributed by atoms with van der Waals surface area (Å²) in [6, 6.07) is 41.2. The highest BCUT2D eigenvalue weighted by molar-refractivity contribution is 5.98. The van der Waals surface area contributed by atoms with Crippen LogP contribution in [0, 0.1) is 0 Å². The number of carbonyl (C=O) groups is 1. The minimum absolute atomic E-state index is 0.0490. The SMILES string of the molecule is O=C(c1ccc2ccccc2c1)N(Cc1ccc(OCc2ccccc2)cc1)C1CCCc2ccccc21. The quantitative estimate of drug-likeness (QED) is 0.227. The van der Waals surface area contributed by atoms with E-state index in [4.69, 9.17) is 4.74 Å². The molecular formula is C35H31NO2. The molecular weight excluding hydrogens is 466 g/mol. The molecule has 0 spiro atoms. The van der Waals surface area contributed by atoms with E-state index in [1.54, 1.807) is 0 Å². The molecule has 0 N–H and O–H groups in total. The Kier molecular flexibility index (Phi) is 6.91. The van der Waals surface area contributed by atoms with Crippen LogP contribution in [0.25, 0.3) is 10.8 Å². The van der Waals surface area contributed by atoms with Crippen LogP contribution in [0.4, 0.5) is 0 Å². The fourth-order valence-corrected chi connectivity index (χ4v) is 5.49. The van der Waals surface area contributed by atoms with Crippen molar-refractivity contribution in [1.29, 1.82) is 0 Å². The lowest BCUT2D eigenvalue weighted by atomic mass is 9.86. The van der Waals surface area contributed by atoms with Crippen LogP contribution in [0.1, 0.15) is 51.5 Å². The van der Waals surface area contributed by atoms with Crippen molar-refractivity contribution < 1.29 is 9.53 Å². The summed E-state index contributed by atoms with van der Waals surface area (Å²) >= 11 is 0. The van der Waals surface area contributed by atoms with Crippen LogP contribution in [0.5, 0.6) is 5.75 Å². The van der Waals surface area contributed by atoms with Gasteiger partial charge >= 0.3 is 0 Å². The number of nitrogens with zero attached hydrogens (tertiary/aromatic N) is 1. The molecule has 38 heavy (non-hydrogen) atoms. The van der Waals surface area contributed by atoms with Crippen LogP contribution in [0.3, 0.4) is 0 Å². The van der Waals surface area contributed by atoms with Gasteiger partial charge < -0.3 is 9.64 Å². The van der Waals surface area contributed by atoms with Crippen molar-refractivity contribution in [1.82, 2.24) is 4.90 Å². The maximum absolute atomic E-state index is 14.1. The number of hydrogen-bond acceptors (Lipinski definition) is 2. The third kappa shape index (κ3) is 5.19. The van der Waals surface area contributed by atoms with Crippen molar-refractivity contribution in [3.05, 3.63) is 149 Å². The largest absolute Gasteiger partial charge is 0.489 e. The Labute approximate surface area is 224 Å². The normalized spacial score (nSPS) is 14.6. The Morgan fingerprint density at radius 3 is 2.32 bits per heavy atom. The smallest absolute Gasteiger partial charge is 0.254 e. The van der Waals surface area contributed by atoms with Crippen LogP contribution < -0.4 is 4.74 Å². The molecule has 5 aromatic rings. The highest BCUT2D eigenvalue weighted by atomic mass is 16.5. The summed E-state index contributed by atoms with van der Waals surface area (Å²) in [7, 11) is 0. The van der Waals surface area contributed by atoms with Gasteiger partial charge in [0.15, 0.2) is 0 Å². The van der Waals surface area contributed by atoms with Gasteiger partial charge in [0.25, 0.3) is 5.91 Å². The Morgan fingerprint density at radius 1 is 0.737 bits per heavy atom. The highest BCUT2D eigenvalue weighted by Crippen LogP contribution is 2.36. The van der Waals surface area contributed by atoms with Gasteiger partial charge in [0.1, 0.15) is 12.4 Å². The molecule has 1 aliphatic carbocycles. The third-order valence-corrected chi connectivity index (χ3v) is 7.50. The van der Waals surface area contributed by atoms with E-state index in [1.165, 1.54) is 11.1 Å². The zero-order chi connectivity index (χ0) is 25.7.